The third kappa shape index (κ3) is 10.5. The van der Waals surface area contributed by atoms with Gasteiger partial charge in [0.15, 0.2) is 0 Å². The maximum absolute atomic E-state index is 12.9. The maximum Gasteiger partial charge on any atom is 0.490 e. The fraction of sp³-hybridized carbons (Fsp3) is 0.333. The Morgan fingerprint density at radius 3 is 2.19 bits per heavy atom. The fourth-order valence-corrected chi connectivity index (χ4v) is 3.47. The molecule has 0 aliphatic rings. The number of rotatable bonds is 11. The summed E-state index contributed by atoms with van der Waals surface area (Å²) in [6, 6.07) is 23.8. The smallest absolute Gasteiger partial charge is 0.490 e. The van der Waals surface area contributed by atoms with E-state index in [-0.39, 0.29) is 5.91 Å². The van der Waals surface area contributed by atoms with E-state index in [1.165, 1.54) is 10.9 Å². The Balaban J connectivity index is 0.000000604. The van der Waals surface area contributed by atoms with Gasteiger partial charge in [-0.25, -0.2) is 4.79 Å². The summed E-state index contributed by atoms with van der Waals surface area (Å²) in [6.45, 7) is 2.04. The Morgan fingerprint density at radius 1 is 0.946 bits per heavy atom. The van der Waals surface area contributed by atoms with Gasteiger partial charge in [-0.1, -0.05) is 60.7 Å². The zero-order valence-electron chi connectivity index (χ0n) is 20.4. The van der Waals surface area contributed by atoms with Crippen molar-refractivity contribution in [3.8, 4) is 5.75 Å². The normalized spacial score (nSPS) is 11.8. The Labute approximate surface area is 213 Å². The fourth-order valence-electron chi connectivity index (χ4n) is 3.47. The molecule has 3 rings (SSSR count). The van der Waals surface area contributed by atoms with Crippen LogP contribution in [0.2, 0.25) is 0 Å². The number of hydrogen-bond donors (Lipinski definition) is 3. The molecule has 0 unspecified atom stereocenters. The van der Waals surface area contributed by atoms with Crippen LogP contribution in [0.25, 0.3) is 10.8 Å². The molecule has 0 aliphatic carbocycles. The molecule has 0 saturated heterocycles. The SMILES string of the molecule is NCCCN(CCOc1ccc2ccccc2c1)C(=O)[C@@H](N)CCc1ccccc1.O=C(O)C(F)(F)F. The van der Waals surface area contributed by atoms with Crippen molar-refractivity contribution >= 4 is 22.6 Å². The standard InChI is InChI=1S/C25H31N3O2.C2HF3O2/c26-15-6-16-28(25(29)24(27)14-11-20-7-2-1-3-8-20)17-18-30-23-13-12-21-9-4-5-10-22(21)19-23;3-2(4,5)1(6)7/h1-5,7-10,12-13,19,24H,6,11,14-18,26-27H2;(H,6,7)/t24-;/m0./s1. The molecule has 0 aliphatic heterocycles. The van der Waals surface area contributed by atoms with Crippen LogP contribution in [0.15, 0.2) is 72.8 Å². The molecule has 0 saturated carbocycles. The van der Waals surface area contributed by atoms with Gasteiger partial charge in [0, 0.05) is 6.54 Å². The number of fused-ring (bicyclic) bond motifs is 1. The number of aliphatic carboxylic acids is 1. The van der Waals surface area contributed by atoms with Crippen molar-refractivity contribution in [1.82, 2.24) is 4.90 Å². The van der Waals surface area contributed by atoms with Crippen LogP contribution in [0.1, 0.15) is 18.4 Å². The van der Waals surface area contributed by atoms with E-state index in [4.69, 9.17) is 26.1 Å². The first-order valence-electron chi connectivity index (χ1n) is 11.8. The number of hydrogen-bond acceptors (Lipinski definition) is 5. The van der Waals surface area contributed by atoms with E-state index >= 15 is 0 Å². The second-order valence-corrected chi connectivity index (χ2v) is 8.26. The van der Waals surface area contributed by atoms with Crippen molar-refractivity contribution < 1.29 is 32.6 Å². The predicted molar refractivity (Wildman–Crippen MR) is 136 cm³/mol. The predicted octanol–water partition coefficient (Wildman–Crippen LogP) is 3.99. The number of amides is 1. The maximum atomic E-state index is 12.9. The van der Waals surface area contributed by atoms with E-state index in [1.54, 1.807) is 4.90 Å². The van der Waals surface area contributed by atoms with Gasteiger partial charge in [-0.3, -0.25) is 4.79 Å². The van der Waals surface area contributed by atoms with Gasteiger partial charge in [-0.15, -0.1) is 0 Å². The van der Waals surface area contributed by atoms with Crippen LogP contribution in [0.3, 0.4) is 0 Å². The summed E-state index contributed by atoms with van der Waals surface area (Å²) in [5.74, 6) is -2.00. The molecule has 3 aromatic carbocycles. The lowest BCUT2D eigenvalue weighted by molar-refractivity contribution is -0.192. The van der Waals surface area contributed by atoms with Crippen LogP contribution in [-0.2, 0) is 16.0 Å². The zero-order chi connectivity index (χ0) is 27.3. The topological polar surface area (TPSA) is 119 Å². The summed E-state index contributed by atoms with van der Waals surface area (Å²) in [7, 11) is 0. The number of nitrogens with zero attached hydrogens (tertiary/aromatic N) is 1. The molecule has 200 valence electrons. The van der Waals surface area contributed by atoms with Gasteiger partial charge in [0.1, 0.15) is 12.4 Å². The van der Waals surface area contributed by atoms with Crippen LogP contribution in [0, 0.1) is 0 Å². The zero-order valence-corrected chi connectivity index (χ0v) is 20.4. The molecule has 0 radical (unpaired) electrons. The first-order chi connectivity index (χ1) is 17.6. The Bertz CT molecular complexity index is 1130. The van der Waals surface area contributed by atoms with E-state index in [0.717, 1.165) is 24.0 Å². The number of benzene rings is 3. The molecular weight excluding hydrogens is 487 g/mol. The largest absolute Gasteiger partial charge is 0.492 e. The molecule has 0 spiro atoms. The minimum absolute atomic E-state index is 0.0403. The Hall–Kier alpha value is -3.63. The minimum atomic E-state index is -5.08. The van der Waals surface area contributed by atoms with E-state index in [9.17, 15) is 18.0 Å². The van der Waals surface area contributed by atoms with Gasteiger partial charge in [0.2, 0.25) is 5.91 Å². The second-order valence-electron chi connectivity index (χ2n) is 8.26. The van der Waals surface area contributed by atoms with Crippen molar-refractivity contribution in [2.24, 2.45) is 11.5 Å². The van der Waals surface area contributed by atoms with Gasteiger partial charge in [-0.05, 0) is 54.3 Å². The van der Waals surface area contributed by atoms with Crippen LogP contribution in [0.5, 0.6) is 5.75 Å². The third-order valence-corrected chi connectivity index (χ3v) is 5.44. The molecule has 7 nitrogen and oxygen atoms in total. The lowest BCUT2D eigenvalue weighted by atomic mass is 10.0. The van der Waals surface area contributed by atoms with Crippen molar-refractivity contribution in [2.75, 3.05) is 26.2 Å². The quantitative estimate of drug-likeness (QED) is 0.353. The van der Waals surface area contributed by atoms with Crippen molar-refractivity contribution in [2.45, 2.75) is 31.5 Å². The van der Waals surface area contributed by atoms with E-state index < -0.39 is 18.2 Å². The summed E-state index contributed by atoms with van der Waals surface area (Å²) in [6.07, 6.45) is -2.94. The first kappa shape index (κ1) is 29.6. The first-order valence-corrected chi connectivity index (χ1v) is 11.8. The average Bonchev–Trinajstić information content (AvgIpc) is 2.89. The molecule has 37 heavy (non-hydrogen) atoms. The van der Waals surface area contributed by atoms with E-state index in [1.807, 2.05) is 48.5 Å². The number of aryl methyl sites for hydroxylation is 1. The van der Waals surface area contributed by atoms with E-state index in [0.29, 0.717) is 32.7 Å². The Morgan fingerprint density at radius 2 is 1.57 bits per heavy atom. The van der Waals surface area contributed by atoms with Gasteiger partial charge in [0.05, 0.1) is 12.6 Å². The highest BCUT2D eigenvalue weighted by Gasteiger charge is 2.38. The van der Waals surface area contributed by atoms with Gasteiger partial charge >= 0.3 is 12.1 Å². The lowest BCUT2D eigenvalue weighted by Gasteiger charge is -2.26. The average molecular weight is 520 g/mol. The summed E-state index contributed by atoms with van der Waals surface area (Å²) in [5.41, 5.74) is 13.1. The summed E-state index contributed by atoms with van der Waals surface area (Å²) < 4.78 is 37.7. The number of ether oxygens (including phenoxy) is 1. The second kappa shape index (κ2) is 14.8. The number of alkyl halides is 3. The van der Waals surface area contributed by atoms with Crippen LogP contribution >= 0.6 is 0 Å². The number of carbonyl (C=O) groups is 2. The highest BCUT2D eigenvalue weighted by molar-refractivity contribution is 5.83. The van der Waals surface area contributed by atoms with Gasteiger partial charge in [0.25, 0.3) is 0 Å². The van der Waals surface area contributed by atoms with Crippen LogP contribution in [-0.4, -0.2) is 60.3 Å². The molecule has 3 aromatic rings. The monoisotopic (exact) mass is 519 g/mol. The number of halogens is 3. The van der Waals surface area contributed by atoms with Crippen molar-refractivity contribution in [3.05, 3.63) is 78.4 Å². The number of nitrogens with two attached hydrogens (primary N) is 2. The molecule has 0 heterocycles. The van der Waals surface area contributed by atoms with Crippen molar-refractivity contribution in [1.29, 1.82) is 0 Å². The lowest BCUT2D eigenvalue weighted by Crippen LogP contribution is -2.46. The molecule has 1 amide bonds. The van der Waals surface area contributed by atoms with Crippen LogP contribution in [0.4, 0.5) is 13.2 Å². The summed E-state index contributed by atoms with van der Waals surface area (Å²) in [4.78, 5) is 23.6. The molecular formula is C27H32F3N3O4. The molecule has 10 heteroatoms. The minimum Gasteiger partial charge on any atom is -0.492 e. The van der Waals surface area contributed by atoms with Crippen LogP contribution < -0.4 is 16.2 Å². The molecule has 0 aromatic heterocycles. The highest BCUT2D eigenvalue weighted by Crippen LogP contribution is 2.20. The Kier molecular flexibility index (Phi) is 11.9. The molecule has 1 atom stereocenters. The molecule has 0 bridgehead atoms. The van der Waals surface area contributed by atoms with E-state index in [2.05, 4.69) is 24.3 Å². The van der Waals surface area contributed by atoms with Crippen molar-refractivity contribution in [3.63, 3.8) is 0 Å². The molecule has 0 fully saturated rings. The summed E-state index contributed by atoms with van der Waals surface area (Å²) in [5, 5.41) is 9.43. The van der Waals surface area contributed by atoms with Gasteiger partial charge < -0.3 is 26.2 Å². The molecule has 5 N–H and O–H groups in total. The number of carboxylic acid groups (broad SMARTS) is 1. The van der Waals surface area contributed by atoms with Gasteiger partial charge in [-0.2, -0.15) is 13.2 Å². The number of carbonyl (C=O) groups excluding carboxylic acids is 1. The number of carboxylic acids is 1. The highest BCUT2D eigenvalue weighted by atomic mass is 19.4. The summed E-state index contributed by atoms with van der Waals surface area (Å²) >= 11 is 0. The third-order valence-electron chi connectivity index (χ3n) is 5.44.